The highest BCUT2D eigenvalue weighted by molar-refractivity contribution is 6.30. The maximum atomic E-state index is 13.6. The Bertz CT molecular complexity index is 374. The molecule has 2 rings (SSSR count). The number of alkyl halides is 1. The van der Waals surface area contributed by atoms with Gasteiger partial charge in [-0.3, -0.25) is 0 Å². The summed E-state index contributed by atoms with van der Waals surface area (Å²) in [5.41, 5.74) is 6.89. The fourth-order valence-corrected chi connectivity index (χ4v) is 2.28. The zero-order valence-corrected chi connectivity index (χ0v) is 10.2. The van der Waals surface area contributed by atoms with Crippen molar-refractivity contribution in [2.75, 3.05) is 0 Å². The van der Waals surface area contributed by atoms with Crippen molar-refractivity contribution < 1.29 is 4.39 Å². The Hall–Kier alpha value is -0.600. The van der Waals surface area contributed by atoms with Crippen LogP contribution in [-0.4, -0.2) is 11.7 Å². The Morgan fingerprint density at radius 3 is 2.69 bits per heavy atom. The highest BCUT2D eigenvalue weighted by Gasteiger charge is 2.41. The van der Waals surface area contributed by atoms with E-state index in [0.717, 1.165) is 18.4 Å². The topological polar surface area (TPSA) is 26.0 Å². The number of rotatable bonds is 4. The molecule has 0 aromatic heterocycles. The fourth-order valence-electron chi connectivity index (χ4n) is 2.09. The summed E-state index contributed by atoms with van der Waals surface area (Å²) < 4.78 is 13.6. The van der Waals surface area contributed by atoms with Crippen molar-refractivity contribution in [3.8, 4) is 0 Å². The lowest BCUT2D eigenvalue weighted by Gasteiger charge is -2.22. The van der Waals surface area contributed by atoms with Crippen molar-refractivity contribution in [1.29, 1.82) is 0 Å². The number of hydrogen-bond acceptors (Lipinski definition) is 1. The summed E-state index contributed by atoms with van der Waals surface area (Å²) in [5.74, 6) is -0.133. The Balaban J connectivity index is 2.18. The monoisotopic (exact) mass is 241 g/mol. The van der Waals surface area contributed by atoms with E-state index >= 15 is 0 Å². The van der Waals surface area contributed by atoms with E-state index in [-0.39, 0.29) is 11.5 Å². The summed E-state index contributed by atoms with van der Waals surface area (Å²) >= 11 is 5.93. The highest BCUT2D eigenvalue weighted by Crippen LogP contribution is 2.42. The van der Waals surface area contributed by atoms with E-state index in [1.54, 1.807) is 13.0 Å². The Morgan fingerprint density at radius 1 is 1.50 bits per heavy atom. The maximum Gasteiger partial charge on any atom is 0.104 e. The molecule has 1 aliphatic carbocycles. The van der Waals surface area contributed by atoms with Crippen LogP contribution in [0.3, 0.4) is 0 Å². The zero-order chi connectivity index (χ0) is 11.8. The van der Waals surface area contributed by atoms with Crippen LogP contribution in [0.25, 0.3) is 0 Å². The van der Waals surface area contributed by atoms with Crippen LogP contribution in [0.1, 0.15) is 37.7 Å². The summed E-state index contributed by atoms with van der Waals surface area (Å²) in [4.78, 5) is 0. The minimum atomic E-state index is -0.889. The molecule has 1 aromatic carbocycles. The summed E-state index contributed by atoms with van der Waals surface area (Å²) in [6, 6.07) is 7.44. The van der Waals surface area contributed by atoms with Gasteiger partial charge in [-0.05, 0) is 43.9 Å². The van der Waals surface area contributed by atoms with Crippen molar-refractivity contribution in [2.24, 2.45) is 5.73 Å². The second-order valence-corrected chi connectivity index (χ2v) is 5.34. The molecule has 0 heterocycles. The first kappa shape index (κ1) is 11.9. The van der Waals surface area contributed by atoms with Crippen molar-refractivity contribution >= 4 is 11.6 Å². The third kappa shape index (κ3) is 2.74. The summed E-state index contributed by atoms with van der Waals surface area (Å²) in [6.45, 7) is 1.59. The Kier molecular flexibility index (Phi) is 3.22. The molecule has 1 aliphatic rings. The van der Waals surface area contributed by atoms with Crippen molar-refractivity contribution in [3.63, 3.8) is 0 Å². The van der Waals surface area contributed by atoms with Gasteiger partial charge >= 0.3 is 0 Å². The molecule has 1 nitrogen and oxygen atoms in total. The lowest BCUT2D eigenvalue weighted by molar-refractivity contribution is 0.281. The molecular weight excluding hydrogens is 225 g/mol. The van der Waals surface area contributed by atoms with Crippen LogP contribution in [-0.2, 0) is 0 Å². The molecule has 0 amide bonds. The molecule has 88 valence electrons. The Morgan fingerprint density at radius 2 is 2.19 bits per heavy atom. The van der Waals surface area contributed by atoms with E-state index in [0.29, 0.717) is 11.4 Å². The molecule has 1 fully saturated rings. The molecule has 2 N–H and O–H groups in total. The van der Waals surface area contributed by atoms with E-state index in [1.807, 2.05) is 18.2 Å². The molecule has 1 aromatic rings. The van der Waals surface area contributed by atoms with Crippen LogP contribution in [0.2, 0.25) is 5.02 Å². The molecule has 0 aliphatic heterocycles. The average Bonchev–Trinajstić information content (AvgIpc) is 2.93. The lowest BCUT2D eigenvalue weighted by atomic mass is 9.88. The molecule has 3 heteroatoms. The minimum absolute atomic E-state index is 0.132. The molecule has 0 spiro atoms. The van der Waals surface area contributed by atoms with Gasteiger partial charge in [0.2, 0.25) is 0 Å². The standard InChI is InChI=1S/C13H17ClFN/c1-9(15)12(8-13(16)5-6-13)10-3-2-4-11(14)7-10/h2-4,7,9,12H,5-6,8,16H2,1H3. The molecule has 0 bridgehead atoms. The normalized spacial score (nSPS) is 21.5. The maximum absolute atomic E-state index is 13.6. The molecule has 0 radical (unpaired) electrons. The Labute approximate surface area is 101 Å². The van der Waals surface area contributed by atoms with Gasteiger partial charge in [0.15, 0.2) is 0 Å². The third-order valence-electron chi connectivity index (χ3n) is 3.35. The lowest BCUT2D eigenvalue weighted by Crippen LogP contribution is -2.27. The zero-order valence-electron chi connectivity index (χ0n) is 9.42. The van der Waals surface area contributed by atoms with Crippen molar-refractivity contribution in [2.45, 2.75) is 43.8 Å². The first-order chi connectivity index (χ1) is 7.50. The highest BCUT2D eigenvalue weighted by atomic mass is 35.5. The minimum Gasteiger partial charge on any atom is -0.325 e. The van der Waals surface area contributed by atoms with Gasteiger partial charge in [-0.25, -0.2) is 4.39 Å². The quantitative estimate of drug-likeness (QED) is 0.855. The molecular formula is C13H17ClFN. The van der Waals surface area contributed by atoms with E-state index in [9.17, 15) is 4.39 Å². The number of nitrogens with two attached hydrogens (primary N) is 1. The summed E-state index contributed by atoms with van der Waals surface area (Å²) in [6.07, 6.45) is 1.85. The molecule has 2 unspecified atom stereocenters. The second kappa shape index (κ2) is 4.34. The predicted molar refractivity (Wildman–Crippen MR) is 65.5 cm³/mol. The van der Waals surface area contributed by atoms with Gasteiger partial charge in [-0.2, -0.15) is 0 Å². The van der Waals surface area contributed by atoms with Gasteiger partial charge in [-0.15, -0.1) is 0 Å². The van der Waals surface area contributed by atoms with Crippen LogP contribution in [0.4, 0.5) is 4.39 Å². The van der Waals surface area contributed by atoms with Crippen LogP contribution in [0, 0.1) is 0 Å². The van der Waals surface area contributed by atoms with Gasteiger partial charge in [0.1, 0.15) is 6.17 Å². The SMILES string of the molecule is CC(F)C(CC1(N)CC1)c1cccc(Cl)c1. The first-order valence-corrected chi connectivity index (χ1v) is 6.06. The number of halogens is 2. The summed E-state index contributed by atoms with van der Waals surface area (Å²) in [7, 11) is 0. The largest absolute Gasteiger partial charge is 0.325 e. The van der Waals surface area contributed by atoms with Gasteiger partial charge in [0, 0.05) is 16.5 Å². The third-order valence-corrected chi connectivity index (χ3v) is 3.59. The van der Waals surface area contributed by atoms with Gasteiger partial charge in [0.25, 0.3) is 0 Å². The average molecular weight is 242 g/mol. The van der Waals surface area contributed by atoms with E-state index in [2.05, 4.69) is 0 Å². The van der Waals surface area contributed by atoms with Crippen LogP contribution >= 0.6 is 11.6 Å². The molecule has 1 saturated carbocycles. The van der Waals surface area contributed by atoms with Crippen molar-refractivity contribution in [3.05, 3.63) is 34.9 Å². The van der Waals surface area contributed by atoms with Crippen molar-refractivity contribution in [1.82, 2.24) is 0 Å². The smallest absolute Gasteiger partial charge is 0.104 e. The molecule has 16 heavy (non-hydrogen) atoms. The van der Waals surface area contributed by atoms with Gasteiger partial charge in [0.05, 0.1) is 0 Å². The molecule has 2 atom stereocenters. The van der Waals surface area contributed by atoms with Gasteiger partial charge in [-0.1, -0.05) is 23.7 Å². The van der Waals surface area contributed by atoms with Crippen LogP contribution in [0.15, 0.2) is 24.3 Å². The van der Waals surface area contributed by atoms with E-state index in [1.165, 1.54) is 0 Å². The van der Waals surface area contributed by atoms with Gasteiger partial charge < -0.3 is 5.73 Å². The number of hydrogen-bond donors (Lipinski definition) is 1. The van der Waals surface area contributed by atoms with E-state index < -0.39 is 6.17 Å². The van der Waals surface area contributed by atoms with Crippen LogP contribution < -0.4 is 5.73 Å². The number of benzene rings is 1. The van der Waals surface area contributed by atoms with E-state index in [4.69, 9.17) is 17.3 Å². The fraction of sp³-hybridized carbons (Fsp3) is 0.538. The first-order valence-electron chi connectivity index (χ1n) is 5.69. The summed E-state index contributed by atoms with van der Waals surface area (Å²) in [5, 5.41) is 0.657. The van der Waals surface area contributed by atoms with Crippen LogP contribution in [0.5, 0.6) is 0 Å². The predicted octanol–water partition coefficient (Wildman–Crippen LogP) is 3.66. The molecule has 0 saturated heterocycles. The second-order valence-electron chi connectivity index (χ2n) is 4.91.